The van der Waals surface area contributed by atoms with Crippen LogP contribution >= 0.6 is 11.6 Å². The van der Waals surface area contributed by atoms with Crippen molar-refractivity contribution in [2.24, 2.45) is 5.92 Å². The molecular weight excluding hydrogens is 619 g/mol. The molecule has 3 atom stereocenters. The van der Waals surface area contributed by atoms with E-state index in [1.54, 1.807) is 43.3 Å². The number of amides is 2. The van der Waals surface area contributed by atoms with Gasteiger partial charge in [-0.15, -0.1) is 0 Å². The second-order valence-corrected chi connectivity index (χ2v) is 13.3. The van der Waals surface area contributed by atoms with Gasteiger partial charge < -0.3 is 20.7 Å². The van der Waals surface area contributed by atoms with E-state index in [4.69, 9.17) is 16.3 Å². The highest BCUT2D eigenvalue weighted by Gasteiger charge is 2.36. The second-order valence-electron chi connectivity index (χ2n) is 11.0. The van der Waals surface area contributed by atoms with Gasteiger partial charge >= 0.3 is 6.09 Å². The van der Waals surface area contributed by atoms with Gasteiger partial charge in [0.1, 0.15) is 11.9 Å². The normalized spacial score (nSPS) is 17.6. The van der Waals surface area contributed by atoms with Crippen LogP contribution in [0.3, 0.4) is 0 Å². The second kappa shape index (κ2) is 16.7. The monoisotopic (exact) mass is 660 g/mol. The third-order valence-electron chi connectivity index (χ3n) is 7.69. The van der Waals surface area contributed by atoms with Gasteiger partial charge in [-0.2, -0.15) is 4.31 Å². The number of rotatable bonds is 13. The number of sulfonamides is 1. The number of nitrogens with zero attached hydrogens (tertiary/aromatic N) is 1. The lowest BCUT2D eigenvalue weighted by Crippen LogP contribution is -2.53. The minimum Gasteiger partial charge on any atom is -0.453 e. The molecule has 2 amide bonds. The molecule has 1 saturated heterocycles. The summed E-state index contributed by atoms with van der Waals surface area (Å²) in [5, 5.41) is 9.24. The van der Waals surface area contributed by atoms with E-state index in [1.165, 1.54) is 41.8 Å². The minimum absolute atomic E-state index is 0.0969. The molecular formula is C33H42ClFN4O5S. The van der Waals surface area contributed by atoms with Crippen molar-refractivity contribution in [2.75, 3.05) is 32.1 Å². The summed E-state index contributed by atoms with van der Waals surface area (Å²) in [6.45, 7) is 10.3. The fourth-order valence-corrected chi connectivity index (χ4v) is 7.43. The molecule has 9 nitrogen and oxygen atoms in total. The van der Waals surface area contributed by atoms with E-state index in [2.05, 4.69) is 22.5 Å². The van der Waals surface area contributed by atoms with Gasteiger partial charge in [0, 0.05) is 47.9 Å². The Hall–Kier alpha value is -3.51. The number of halogens is 2. The van der Waals surface area contributed by atoms with E-state index in [1.807, 2.05) is 13.8 Å². The minimum atomic E-state index is -3.84. The van der Waals surface area contributed by atoms with Crippen LogP contribution in [-0.2, 0) is 26.0 Å². The van der Waals surface area contributed by atoms with Crippen molar-refractivity contribution in [3.05, 3.63) is 100 Å². The number of carbonyl (C=O) groups is 2. The summed E-state index contributed by atoms with van der Waals surface area (Å²) in [6.07, 6.45) is 5.69. The Kier molecular flexibility index (Phi) is 13.3. The van der Waals surface area contributed by atoms with Crippen LogP contribution in [0.2, 0.25) is 5.02 Å². The third kappa shape index (κ3) is 9.26. The van der Waals surface area contributed by atoms with E-state index in [0.717, 1.165) is 5.56 Å². The number of nitrogens with one attached hydrogen (secondary N) is 3. The molecule has 1 fully saturated rings. The van der Waals surface area contributed by atoms with Crippen LogP contribution in [0.4, 0.5) is 14.9 Å². The Labute approximate surface area is 270 Å². The zero-order valence-electron chi connectivity index (χ0n) is 26.1. The molecule has 2 aromatic carbocycles. The highest BCUT2D eigenvalue weighted by Crippen LogP contribution is 2.31. The maximum atomic E-state index is 15.3. The summed E-state index contributed by atoms with van der Waals surface area (Å²) < 4.78 is 48.7. The highest BCUT2D eigenvalue weighted by atomic mass is 35.5. The maximum absolute atomic E-state index is 15.3. The number of methoxy groups -OCH3 is 1. The first-order valence-corrected chi connectivity index (χ1v) is 16.6. The molecule has 0 spiro atoms. The number of carbonyl (C=O) groups excluding carboxylic acids is 2. The van der Waals surface area contributed by atoms with Crippen LogP contribution in [0.5, 0.6) is 0 Å². The summed E-state index contributed by atoms with van der Waals surface area (Å²) in [6, 6.07) is 9.85. The largest absolute Gasteiger partial charge is 0.453 e. The highest BCUT2D eigenvalue weighted by molar-refractivity contribution is 7.93. The number of anilines is 1. The lowest BCUT2D eigenvalue weighted by atomic mass is 9.82. The predicted molar refractivity (Wildman–Crippen MR) is 177 cm³/mol. The van der Waals surface area contributed by atoms with Crippen molar-refractivity contribution in [1.29, 1.82) is 0 Å². The molecule has 0 bridgehead atoms. The van der Waals surface area contributed by atoms with Gasteiger partial charge in [0.05, 0.1) is 12.0 Å². The molecule has 1 aliphatic heterocycles. The Bertz CT molecular complexity index is 1510. The number of ether oxygens (including phenoxy) is 1. The average molecular weight is 661 g/mol. The molecule has 2 aromatic rings. The fraction of sp³-hybridized carbons (Fsp3) is 0.394. The first-order valence-electron chi connectivity index (χ1n) is 14.8. The van der Waals surface area contributed by atoms with Crippen molar-refractivity contribution in [1.82, 2.24) is 14.9 Å². The molecule has 0 saturated carbocycles. The molecule has 3 rings (SSSR count). The SMILES string of the molecule is C=C/C=C(\C=C/C)S(=O)(=O)N1CCNC[C@@H]1CCc1c(F)cccc1NC(=O)[C@@H](NC(=O)OC)C(c1ccc(Cl)cc1)C(C)C. The molecule has 244 valence electrons. The van der Waals surface area contributed by atoms with Gasteiger partial charge in [-0.1, -0.05) is 62.4 Å². The third-order valence-corrected chi connectivity index (χ3v) is 9.91. The molecule has 3 N–H and O–H groups in total. The number of hydrogen-bond acceptors (Lipinski definition) is 6. The van der Waals surface area contributed by atoms with Crippen molar-refractivity contribution < 1.29 is 27.1 Å². The van der Waals surface area contributed by atoms with Gasteiger partial charge in [0.2, 0.25) is 15.9 Å². The summed E-state index contributed by atoms with van der Waals surface area (Å²) in [7, 11) is -2.63. The van der Waals surface area contributed by atoms with E-state index in [-0.39, 0.29) is 41.5 Å². The zero-order chi connectivity index (χ0) is 33.1. The average Bonchev–Trinajstić information content (AvgIpc) is 3.01. The summed E-state index contributed by atoms with van der Waals surface area (Å²) >= 11 is 6.09. The number of piperazine rings is 1. The molecule has 0 radical (unpaired) electrons. The number of allylic oxidation sites excluding steroid dienone is 4. The topological polar surface area (TPSA) is 117 Å². The van der Waals surface area contributed by atoms with Gasteiger partial charge in [-0.05, 0) is 67.7 Å². The maximum Gasteiger partial charge on any atom is 0.407 e. The number of hydrogen-bond donors (Lipinski definition) is 3. The predicted octanol–water partition coefficient (Wildman–Crippen LogP) is 5.76. The van der Waals surface area contributed by atoms with Gasteiger partial charge in [0.25, 0.3) is 0 Å². The summed E-state index contributed by atoms with van der Waals surface area (Å²) in [5.41, 5.74) is 1.24. The number of benzene rings is 2. The Morgan fingerprint density at radius 2 is 1.93 bits per heavy atom. The molecule has 45 heavy (non-hydrogen) atoms. The van der Waals surface area contributed by atoms with E-state index < -0.39 is 45.8 Å². The quantitative estimate of drug-likeness (QED) is 0.235. The van der Waals surface area contributed by atoms with Crippen LogP contribution < -0.4 is 16.0 Å². The first-order chi connectivity index (χ1) is 21.4. The first kappa shape index (κ1) is 36.0. The molecule has 0 aliphatic carbocycles. The molecule has 12 heteroatoms. The summed E-state index contributed by atoms with van der Waals surface area (Å²) in [5.74, 6) is -1.67. The molecule has 1 heterocycles. The lowest BCUT2D eigenvalue weighted by Gasteiger charge is -2.35. The molecule has 0 aromatic heterocycles. The van der Waals surface area contributed by atoms with Crippen molar-refractivity contribution in [3.8, 4) is 0 Å². The van der Waals surface area contributed by atoms with Crippen LogP contribution in [0.1, 0.15) is 44.2 Å². The lowest BCUT2D eigenvalue weighted by molar-refractivity contribution is -0.118. The van der Waals surface area contributed by atoms with E-state index in [0.29, 0.717) is 18.1 Å². The van der Waals surface area contributed by atoms with Crippen LogP contribution in [0.15, 0.2) is 78.3 Å². The van der Waals surface area contributed by atoms with Crippen LogP contribution in [-0.4, -0.2) is 63.6 Å². The Balaban J connectivity index is 1.91. The van der Waals surface area contributed by atoms with E-state index in [9.17, 15) is 18.0 Å². The van der Waals surface area contributed by atoms with Gasteiger partial charge in [0.15, 0.2) is 0 Å². The Morgan fingerprint density at radius 3 is 2.56 bits per heavy atom. The van der Waals surface area contributed by atoms with E-state index >= 15 is 4.39 Å². The van der Waals surface area contributed by atoms with Crippen LogP contribution in [0.25, 0.3) is 0 Å². The fourth-order valence-electron chi connectivity index (χ4n) is 5.55. The summed E-state index contributed by atoms with van der Waals surface area (Å²) in [4.78, 5) is 26.3. The van der Waals surface area contributed by atoms with Gasteiger partial charge in [-0.25, -0.2) is 17.6 Å². The van der Waals surface area contributed by atoms with Crippen molar-refractivity contribution >= 4 is 39.3 Å². The number of alkyl carbamates (subject to hydrolysis) is 1. The van der Waals surface area contributed by atoms with Gasteiger partial charge in [-0.3, -0.25) is 4.79 Å². The van der Waals surface area contributed by atoms with Crippen LogP contribution in [0, 0.1) is 11.7 Å². The standard InChI is InChI=1S/C33H42ClFN4O5S/c1-6-9-26(10-7-2)45(42,43)39-20-19-36-21-25(39)17-18-27-28(35)11-8-12-29(27)37-32(40)31(38-33(41)44-5)30(22(3)4)23-13-15-24(34)16-14-23/h6-16,22,25,30-31,36H,1,17-21H2,2-5H3,(H,37,40)(H,38,41)/b10-7-,26-9+/t25-,30?,31-/m0/s1. The molecule has 1 unspecified atom stereocenters. The smallest absolute Gasteiger partial charge is 0.407 e. The Morgan fingerprint density at radius 1 is 1.22 bits per heavy atom. The zero-order valence-corrected chi connectivity index (χ0v) is 27.6. The van der Waals surface area contributed by atoms with Crippen molar-refractivity contribution in [2.45, 2.75) is 51.6 Å². The van der Waals surface area contributed by atoms with Crippen molar-refractivity contribution in [3.63, 3.8) is 0 Å². The molecule has 1 aliphatic rings.